The van der Waals surface area contributed by atoms with E-state index < -0.39 is 10.0 Å². The quantitative estimate of drug-likeness (QED) is 0.591. The number of sulfonamides is 1. The average Bonchev–Trinajstić information content (AvgIpc) is 2.45. The summed E-state index contributed by atoms with van der Waals surface area (Å²) >= 11 is 5.22. The number of hydrogen-bond donors (Lipinski definition) is 2. The number of thiocarbonyl (C=S) groups is 1. The summed E-state index contributed by atoms with van der Waals surface area (Å²) in [5.74, 6) is 0.129. The highest BCUT2D eigenvalue weighted by Gasteiger charge is 2.13. The molecule has 0 saturated heterocycles. The van der Waals surface area contributed by atoms with Crippen molar-refractivity contribution in [3.05, 3.63) is 29.8 Å². The minimum atomic E-state index is -3.10. The molecule has 0 bridgehead atoms. The van der Waals surface area contributed by atoms with E-state index in [1.807, 2.05) is 31.2 Å². The second-order valence-corrected chi connectivity index (χ2v) is 7.54. The van der Waals surface area contributed by atoms with Gasteiger partial charge in [-0.15, -0.1) is 0 Å². The van der Waals surface area contributed by atoms with Crippen molar-refractivity contribution in [2.75, 3.05) is 31.2 Å². The van der Waals surface area contributed by atoms with Gasteiger partial charge in [-0.05, 0) is 44.1 Å². The predicted molar refractivity (Wildman–Crippen MR) is 92.1 cm³/mol. The van der Waals surface area contributed by atoms with Crippen molar-refractivity contribution in [3.8, 4) is 0 Å². The van der Waals surface area contributed by atoms with E-state index in [1.54, 1.807) is 14.0 Å². The van der Waals surface area contributed by atoms with Crippen LogP contribution in [0.3, 0.4) is 0 Å². The van der Waals surface area contributed by atoms with E-state index in [0.29, 0.717) is 24.6 Å². The number of para-hydroxylation sites is 1. The molecule has 118 valence electrons. The first-order chi connectivity index (χ1) is 9.86. The molecule has 0 aromatic heterocycles. The fourth-order valence-corrected chi connectivity index (χ4v) is 2.80. The Hall–Kier alpha value is -1.18. The number of aryl methyl sites for hydroxylation is 1. The smallest absolute Gasteiger partial charge is 0.213 e. The number of nitrogens with zero attached hydrogens (tertiary/aromatic N) is 1. The van der Waals surface area contributed by atoms with Crippen LogP contribution in [0.4, 0.5) is 5.69 Å². The highest BCUT2D eigenvalue weighted by molar-refractivity contribution is 7.89. The first-order valence-corrected chi connectivity index (χ1v) is 8.93. The van der Waals surface area contributed by atoms with Gasteiger partial charge in [0.2, 0.25) is 10.0 Å². The first-order valence-electron chi connectivity index (χ1n) is 6.91. The van der Waals surface area contributed by atoms with E-state index in [2.05, 4.69) is 10.6 Å². The lowest BCUT2D eigenvalue weighted by atomic mass is 10.2. The van der Waals surface area contributed by atoms with Gasteiger partial charge in [-0.25, -0.2) is 12.7 Å². The van der Waals surface area contributed by atoms with E-state index in [-0.39, 0.29) is 5.75 Å². The van der Waals surface area contributed by atoms with Crippen LogP contribution in [0.25, 0.3) is 0 Å². The summed E-state index contributed by atoms with van der Waals surface area (Å²) in [5, 5.41) is 6.76. The largest absolute Gasteiger partial charge is 0.362 e. The van der Waals surface area contributed by atoms with Gasteiger partial charge in [0.05, 0.1) is 5.75 Å². The fraction of sp³-hybridized carbons (Fsp3) is 0.500. The van der Waals surface area contributed by atoms with Crippen molar-refractivity contribution in [1.82, 2.24) is 9.62 Å². The van der Waals surface area contributed by atoms with Crippen LogP contribution in [0.1, 0.15) is 18.9 Å². The van der Waals surface area contributed by atoms with E-state index in [4.69, 9.17) is 12.2 Å². The van der Waals surface area contributed by atoms with Gasteiger partial charge in [-0.2, -0.15) is 0 Å². The second-order valence-electron chi connectivity index (χ2n) is 4.77. The number of rotatable bonds is 7. The maximum absolute atomic E-state index is 11.6. The maximum atomic E-state index is 11.6. The molecule has 5 nitrogen and oxygen atoms in total. The molecule has 0 unspecified atom stereocenters. The first kappa shape index (κ1) is 17.9. The topological polar surface area (TPSA) is 61.4 Å². The summed E-state index contributed by atoms with van der Waals surface area (Å²) in [4.78, 5) is 0. The van der Waals surface area contributed by atoms with Crippen LogP contribution in [-0.2, 0) is 10.0 Å². The van der Waals surface area contributed by atoms with Crippen LogP contribution in [0.15, 0.2) is 24.3 Å². The predicted octanol–water partition coefficient (Wildman–Crippen LogP) is 1.95. The minimum absolute atomic E-state index is 0.129. The molecule has 7 heteroatoms. The molecule has 1 aromatic carbocycles. The molecule has 0 saturated carbocycles. The standard InChI is InChI=1S/C14H23N3O2S2/c1-4-21(18,19)17(3)11-7-10-15-14(20)16-13-9-6-5-8-12(13)2/h5-6,8-9H,4,7,10-11H2,1-3H3,(H2,15,16,20). The molecule has 1 rings (SSSR count). The fourth-order valence-electron chi connectivity index (χ4n) is 1.74. The molecular weight excluding hydrogens is 306 g/mol. The van der Waals surface area contributed by atoms with E-state index in [9.17, 15) is 8.42 Å². The summed E-state index contributed by atoms with van der Waals surface area (Å²) in [7, 11) is -1.50. The van der Waals surface area contributed by atoms with Crippen molar-refractivity contribution in [2.45, 2.75) is 20.3 Å². The summed E-state index contributed by atoms with van der Waals surface area (Å²) in [6.45, 7) is 4.76. The van der Waals surface area contributed by atoms with Crippen LogP contribution >= 0.6 is 12.2 Å². The molecule has 0 heterocycles. The Bertz CT molecular complexity index is 573. The zero-order chi connectivity index (χ0) is 15.9. The molecule has 21 heavy (non-hydrogen) atoms. The van der Waals surface area contributed by atoms with Gasteiger partial charge in [0.25, 0.3) is 0 Å². The lowest BCUT2D eigenvalue weighted by molar-refractivity contribution is 0.462. The van der Waals surface area contributed by atoms with Crippen LogP contribution < -0.4 is 10.6 Å². The molecule has 0 atom stereocenters. The van der Waals surface area contributed by atoms with Crippen LogP contribution in [-0.4, -0.2) is 43.7 Å². The van der Waals surface area contributed by atoms with Gasteiger partial charge in [-0.3, -0.25) is 0 Å². The molecule has 0 fully saturated rings. The molecule has 0 radical (unpaired) electrons. The lowest BCUT2D eigenvalue weighted by Crippen LogP contribution is -2.34. The Morgan fingerprint density at radius 3 is 2.62 bits per heavy atom. The van der Waals surface area contributed by atoms with Gasteiger partial charge in [-0.1, -0.05) is 18.2 Å². The third-order valence-corrected chi connectivity index (χ3v) is 5.28. The molecule has 0 amide bonds. The third kappa shape index (κ3) is 5.99. The number of nitrogens with one attached hydrogen (secondary N) is 2. The third-order valence-electron chi connectivity index (χ3n) is 3.17. The summed E-state index contributed by atoms with van der Waals surface area (Å²) in [6.07, 6.45) is 0.700. The van der Waals surface area contributed by atoms with E-state index in [1.165, 1.54) is 4.31 Å². The molecule has 1 aromatic rings. The Morgan fingerprint density at radius 1 is 1.33 bits per heavy atom. The monoisotopic (exact) mass is 329 g/mol. The number of hydrogen-bond acceptors (Lipinski definition) is 3. The van der Waals surface area contributed by atoms with Crippen LogP contribution in [0.5, 0.6) is 0 Å². The molecule has 0 aliphatic carbocycles. The van der Waals surface area contributed by atoms with Crippen LogP contribution in [0.2, 0.25) is 0 Å². The van der Waals surface area contributed by atoms with E-state index >= 15 is 0 Å². The minimum Gasteiger partial charge on any atom is -0.362 e. The van der Waals surface area contributed by atoms with Gasteiger partial charge in [0.1, 0.15) is 0 Å². The summed E-state index contributed by atoms with van der Waals surface area (Å²) in [5.41, 5.74) is 2.09. The normalized spacial score (nSPS) is 11.4. The van der Waals surface area contributed by atoms with Crippen LogP contribution in [0, 0.1) is 6.92 Å². The summed E-state index contributed by atoms with van der Waals surface area (Å²) < 4.78 is 24.5. The van der Waals surface area contributed by atoms with Crippen molar-refractivity contribution in [3.63, 3.8) is 0 Å². The SMILES string of the molecule is CCS(=O)(=O)N(C)CCCNC(=S)Nc1ccccc1C. The Kier molecular flexibility index (Phi) is 7.07. The molecular formula is C14H23N3O2S2. The zero-order valence-electron chi connectivity index (χ0n) is 12.7. The van der Waals surface area contributed by atoms with Crippen molar-refractivity contribution < 1.29 is 8.42 Å². The molecule has 0 aliphatic heterocycles. The van der Waals surface area contributed by atoms with Crippen molar-refractivity contribution in [1.29, 1.82) is 0 Å². The maximum Gasteiger partial charge on any atom is 0.213 e. The molecule has 2 N–H and O–H groups in total. The highest BCUT2D eigenvalue weighted by Crippen LogP contribution is 2.12. The Labute approximate surface area is 132 Å². The Morgan fingerprint density at radius 2 is 2.00 bits per heavy atom. The van der Waals surface area contributed by atoms with Crippen molar-refractivity contribution in [2.24, 2.45) is 0 Å². The summed E-state index contributed by atoms with van der Waals surface area (Å²) in [6, 6.07) is 7.89. The lowest BCUT2D eigenvalue weighted by Gasteiger charge is -2.16. The van der Waals surface area contributed by atoms with Gasteiger partial charge >= 0.3 is 0 Å². The van der Waals surface area contributed by atoms with Crippen molar-refractivity contribution >= 4 is 33.0 Å². The molecule has 0 spiro atoms. The Balaban J connectivity index is 2.30. The highest BCUT2D eigenvalue weighted by atomic mass is 32.2. The average molecular weight is 329 g/mol. The zero-order valence-corrected chi connectivity index (χ0v) is 14.4. The second kappa shape index (κ2) is 8.31. The number of benzene rings is 1. The number of anilines is 1. The van der Waals surface area contributed by atoms with Gasteiger partial charge in [0, 0.05) is 25.8 Å². The van der Waals surface area contributed by atoms with E-state index in [0.717, 1.165) is 11.3 Å². The van der Waals surface area contributed by atoms with Gasteiger partial charge in [0.15, 0.2) is 5.11 Å². The van der Waals surface area contributed by atoms with Gasteiger partial charge < -0.3 is 10.6 Å². The molecule has 0 aliphatic rings.